The van der Waals surface area contributed by atoms with Gasteiger partial charge in [0.05, 0.1) is 18.8 Å². The van der Waals surface area contributed by atoms with Gasteiger partial charge < -0.3 is 10.1 Å². The molecule has 2 aromatic rings. The quantitative estimate of drug-likeness (QED) is 0.929. The minimum atomic E-state index is -0.512. The molecule has 6 nitrogen and oxygen atoms in total. The Morgan fingerprint density at radius 3 is 2.62 bits per heavy atom. The molecule has 0 aliphatic carbocycles. The number of aromatic nitrogens is 2. The Bertz CT molecular complexity index is 846. The highest BCUT2D eigenvalue weighted by atomic mass is 19.1. The van der Waals surface area contributed by atoms with Crippen molar-refractivity contribution in [3.63, 3.8) is 0 Å². The van der Waals surface area contributed by atoms with Crippen molar-refractivity contribution in [1.82, 2.24) is 15.1 Å². The van der Waals surface area contributed by atoms with Crippen molar-refractivity contribution in [2.24, 2.45) is 7.05 Å². The van der Waals surface area contributed by atoms with Crippen LogP contribution in [-0.4, -0.2) is 22.8 Å². The molecule has 0 fully saturated rings. The highest BCUT2D eigenvalue weighted by Gasteiger charge is 2.20. The third-order valence-electron chi connectivity index (χ3n) is 3.98. The fourth-order valence-electron chi connectivity index (χ4n) is 2.42. The molecule has 1 aromatic carbocycles. The van der Waals surface area contributed by atoms with Crippen LogP contribution >= 0.6 is 0 Å². The molecular weight excluding hydrogens is 313 g/mol. The van der Waals surface area contributed by atoms with Gasteiger partial charge in [0, 0.05) is 7.05 Å². The highest BCUT2D eigenvalue weighted by molar-refractivity contribution is 5.95. The predicted molar refractivity (Wildman–Crippen MR) is 87.8 cm³/mol. The van der Waals surface area contributed by atoms with E-state index < -0.39 is 23.3 Å². The number of carbonyl (C=O) groups is 1. The van der Waals surface area contributed by atoms with E-state index in [-0.39, 0.29) is 11.3 Å². The summed E-state index contributed by atoms with van der Waals surface area (Å²) in [4.78, 5) is 24.7. The minimum absolute atomic E-state index is 0.0471. The van der Waals surface area contributed by atoms with E-state index in [9.17, 15) is 14.0 Å². The number of amides is 1. The Balaban J connectivity index is 2.30. The maximum atomic E-state index is 13.8. The van der Waals surface area contributed by atoms with Gasteiger partial charge in [0.1, 0.15) is 5.56 Å². The second-order valence-corrected chi connectivity index (χ2v) is 5.60. The summed E-state index contributed by atoms with van der Waals surface area (Å²) in [5, 5.41) is 6.77. The largest absolute Gasteiger partial charge is 0.494 e. The number of hydrogen-bond donors (Lipinski definition) is 1. The predicted octanol–water partition coefficient (Wildman–Crippen LogP) is 2.04. The molecule has 24 heavy (non-hydrogen) atoms. The first-order chi connectivity index (χ1) is 11.3. The van der Waals surface area contributed by atoms with Gasteiger partial charge in [-0.15, -0.1) is 0 Å². The van der Waals surface area contributed by atoms with Crippen LogP contribution in [0, 0.1) is 19.7 Å². The number of nitrogens with one attached hydrogen (secondary N) is 1. The van der Waals surface area contributed by atoms with E-state index in [1.165, 1.54) is 26.3 Å². The number of halogens is 1. The maximum Gasteiger partial charge on any atom is 0.279 e. The smallest absolute Gasteiger partial charge is 0.279 e. The average Bonchev–Trinajstić information content (AvgIpc) is 2.53. The molecule has 0 unspecified atom stereocenters. The molecule has 1 heterocycles. The van der Waals surface area contributed by atoms with E-state index in [2.05, 4.69) is 10.4 Å². The zero-order valence-corrected chi connectivity index (χ0v) is 14.3. The first-order valence-corrected chi connectivity index (χ1v) is 7.45. The molecule has 7 heteroatoms. The summed E-state index contributed by atoms with van der Waals surface area (Å²) >= 11 is 0. The number of methoxy groups -OCH3 is 1. The summed E-state index contributed by atoms with van der Waals surface area (Å²) in [7, 11) is 2.88. The first kappa shape index (κ1) is 17.7. The van der Waals surface area contributed by atoms with Crippen LogP contribution in [0.2, 0.25) is 0 Å². The van der Waals surface area contributed by atoms with Gasteiger partial charge in [-0.1, -0.05) is 6.07 Å². The van der Waals surface area contributed by atoms with Crippen molar-refractivity contribution >= 4 is 5.91 Å². The Morgan fingerprint density at radius 1 is 1.38 bits per heavy atom. The van der Waals surface area contributed by atoms with Crippen molar-refractivity contribution < 1.29 is 13.9 Å². The number of aryl methyl sites for hydroxylation is 2. The molecular formula is C17H20FN3O3. The third-order valence-corrected chi connectivity index (χ3v) is 3.98. The van der Waals surface area contributed by atoms with Crippen LogP contribution < -0.4 is 15.6 Å². The normalized spacial score (nSPS) is 11.9. The summed E-state index contributed by atoms with van der Waals surface area (Å²) in [6.45, 7) is 5.12. The summed E-state index contributed by atoms with van der Waals surface area (Å²) in [5.74, 6) is -0.892. The SMILES string of the molecule is COc1ccc([C@@H](C)NC(=O)c2c(C)c(C)nn(C)c2=O)cc1F. The van der Waals surface area contributed by atoms with Crippen LogP contribution in [0.1, 0.15) is 40.1 Å². The van der Waals surface area contributed by atoms with Crippen molar-refractivity contribution in [2.45, 2.75) is 26.8 Å². The third kappa shape index (κ3) is 3.29. The van der Waals surface area contributed by atoms with E-state index >= 15 is 0 Å². The molecule has 1 aromatic heterocycles. The van der Waals surface area contributed by atoms with Gasteiger partial charge >= 0.3 is 0 Å². The number of ether oxygens (including phenoxy) is 1. The number of carbonyl (C=O) groups excluding carboxylic acids is 1. The fraction of sp³-hybridized carbons (Fsp3) is 0.353. The van der Waals surface area contributed by atoms with Gasteiger partial charge in [-0.25, -0.2) is 9.07 Å². The highest BCUT2D eigenvalue weighted by Crippen LogP contribution is 2.22. The van der Waals surface area contributed by atoms with Crippen LogP contribution in [0.3, 0.4) is 0 Å². The average molecular weight is 333 g/mol. The van der Waals surface area contributed by atoms with Crippen LogP contribution in [0.25, 0.3) is 0 Å². The first-order valence-electron chi connectivity index (χ1n) is 7.45. The molecule has 1 N–H and O–H groups in total. The van der Waals surface area contributed by atoms with Crippen molar-refractivity contribution in [1.29, 1.82) is 0 Å². The lowest BCUT2D eigenvalue weighted by Crippen LogP contribution is -2.36. The second-order valence-electron chi connectivity index (χ2n) is 5.60. The van der Waals surface area contributed by atoms with Crippen LogP contribution in [-0.2, 0) is 7.05 Å². The summed E-state index contributed by atoms with van der Waals surface area (Å²) in [6, 6.07) is 3.98. The summed E-state index contributed by atoms with van der Waals surface area (Å²) in [5.41, 5.74) is 1.28. The van der Waals surface area contributed by atoms with Gasteiger partial charge in [0.25, 0.3) is 11.5 Å². The van der Waals surface area contributed by atoms with Crippen LogP contribution in [0.15, 0.2) is 23.0 Å². The van der Waals surface area contributed by atoms with Gasteiger partial charge in [0.15, 0.2) is 11.6 Å². The molecule has 0 bridgehead atoms. The van der Waals surface area contributed by atoms with Crippen molar-refractivity contribution in [2.75, 3.05) is 7.11 Å². The molecule has 128 valence electrons. The van der Waals surface area contributed by atoms with E-state index in [1.807, 2.05) is 0 Å². The Morgan fingerprint density at radius 2 is 2.04 bits per heavy atom. The molecule has 0 radical (unpaired) electrons. The van der Waals surface area contributed by atoms with E-state index in [4.69, 9.17) is 4.74 Å². The Labute approximate surface area is 139 Å². The van der Waals surface area contributed by atoms with Crippen LogP contribution in [0.4, 0.5) is 4.39 Å². The molecule has 0 aliphatic heterocycles. The zero-order valence-electron chi connectivity index (χ0n) is 14.3. The standard InChI is InChI=1S/C17H20FN3O3/c1-9-10(2)20-21(4)17(23)15(9)16(22)19-11(3)12-6-7-14(24-5)13(18)8-12/h6-8,11H,1-5H3,(H,19,22)/t11-/m1/s1. The van der Waals surface area contributed by atoms with Gasteiger partial charge in [-0.2, -0.15) is 5.10 Å². The van der Waals surface area contributed by atoms with Crippen LogP contribution in [0.5, 0.6) is 5.75 Å². The van der Waals surface area contributed by atoms with E-state index in [0.717, 1.165) is 4.68 Å². The lowest BCUT2D eigenvalue weighted by Gasteiger charge is -2.16. The van der Waals surface area contributed by atoms with Gasteiger partial charge in [0.2, 0.25) is 0 Å². The molecule has 0 saturated heterocycles. The number of nitrogens with zero attached hydrogens (tertiary/aromatic N) is 2. The molecule has 0 aliphatic rings. The molecule has 1 atom stereocenters. The Hall–Kier alpha value is -2.70. The second kappa shape index (κ2) is 6.82. The molecule has 0 spiro atoms. The molecule has 1 amide bonds. The molecule has 0 saturated carbocycles. The topological polar surface area (TPSA) is 73.2 Å². The number of benzene rings is 1. The van der Waals surface area contributed by atoms with Crippen molar-refractivity contribution in [3.8, 4) is 5.75 Å². The lowest BCUT2D eigenvalue weighted by atomic mass is 10.1. The maximum absolute atomic E-state index is 13.8. The molecule has 2 rings (SSSR count). The lowest BCUT2D eigenvalue weighted by molar-refractivity contribution is 0.0936. The summed E-state index contributed by atoms with van der Waals surface area (Å²) in [6.07, 6.45) is 0. The fourth-order valence-corrected chi connectivity index (χ4v) is 2.42. The van der Waals surface area contributed by atoms with Gasteiger partial charge in [-0.3, -0.25) is 9.59 Å². The number of rotatable bonds is 4. The van der Waals surface area contributed by atoms with Crippen molar-refractivity contribution in [3.05, 3.63) is 56.8 Å². The van der Waals surface area contributed by atoms with E-state index in [1.54, 1.807) is 26.8 Å². The summed E-state index contributed by atoms with van der Waals surface area (Å²) < 4.78 is 19.8. The number of hydrogen-bond acceptors (Lipinski definition) is 4. The zero-order chi connectivity index (χ0) is 18.0. The monoisotopic (exact) mass is 333 g/mol. The van der Waals surface area contributed by atoms with Gasteiger partial charge in [-0.05, 0) is 44.0 Å². The minimum Gasteiger partial charge on any atom is -0.494 e. The van der Waals surface area contributed by atoms with E-state index in [0.29, 0.717) is 16.8 Å². The Kier molecular flexibility index (Phi) is 5.02.